The fourth-order valence-corrected chi connectivity index (χ4v) is 8.50. The highest BCUT2D eigenvalue weighted by molar-refractivity contribution is 7.44. The minimum absolute atomic E-state index is 0.0175. The number of nitro benzene ring substituents is 1. The first-order chi connectivity index (χ1) is 26.6. The number of nitro groups is 1. The molecule has 1 saturated heterocycles. The molecule has 1 aliphatic rings. The maximum absolute atomic E-state index is 11.5. The Balaban J connectivity index is 1.54. The highest BCUT2D eigenvalue weighted by Gasteiger charge is 2.46. The molecule has 0 radical (unpaired) electrons. The lowest BCUT2D eigenvalue weighted by Crippen LogP contribution is -2.42. The van der Waals surface area contributed by atoms with E-state index in [1.165, 1.54) is 12.1 Å². The number of hydrogen-bond acceptors (Lipinski definition) is 11. The largest absolute Gasteiger partial charge is 0.497 e. The van der Waals surface area contributed by atoms with E-state index in [4.69, 9.17) is 32.7 Å². The number of hydrogen-bond donors (Lipinski definition) is 0. The predicted octanol–water partition coefficient (Wildman–Crippen LogP) is 8.57. The third-order valence-corrected chi connectivity index (χ3v) is 11.4. The molecule has 0 spiro atoms. The summed E-state index contributed by atoms with van der Waals surface area (Å²) >= 11 is 0. The molecular weight excluding hydrogens is 721 g/mol. The molecule has 1 heterocycles. The average Bonchev–Trinajstić information content (AvgIpc) is 3.58. The van der Waals surface area contributed by atoms with Crippen LogP contribution in [0.3, 0.4) is 0 Å². The molecule has 55 heavy (non-hydrogen) atoms. The van der Waals surface area contributed by atoms with E-state index in [1.54, 1.807) is 26.4 Å². The van der Waals surface area contributed by atoms with Gasteiger partial charge >= 0.3 is 0 Å². The lowest BCUT2D eigenvalue weighted by molar-refractivity contribution is -0.385. The molecule has 0 amide bonds. The number of ether oxygens (including phenoxy) is 5. The fourth-order valence-electron chi connectivity index (χ4n) is 6.71. The Morgan fingerprint density at radius 3 is 2.04 bits per heavy atom. The maximum atomic E-state index is 11.5. The van der Waals surface area contributed by atoms with Gasteiger partial charge in [0.15, 0.2) is 0 Å². The normalized spacial score (nSPS) is 17.7. The van der Waals surface area contributed by atoms with E-state index in [0.29, 0.717) is 17.1 Å². The van der Waals surface area contributed by atoms with Crippen LogP contribution in [0.15, 0.2) is 103 Å². The van der Waals surface area contributed by atoms with Gasteiger partial charge in [-0.2, -0.15) is 5.26 Å². The van der Waals surface area contributed by atoms with Crippen LogP contribution < -0.4 is 9.47 Å². The van der Waals surface area contributed by atoms with Gasteiger partial charge in [0.1, 0.15) is 35.4 Å². The average molecular weight is 772 g/mol. The molecule has 0 aromatic heterocycles. The molecular formula is C42H50N3O9P. The second-order valence-corrected chi connectivity index (χ2v) is 15.0. The van der Waals surface area contributed by atoms with Crippen molar-refractivity contribution in [3.63, 3.8) is 0 Å². The summed E-state index contributed by atoms with van der Waals surface area (Å²) < 4.78 is 46.6. The monoisotopic (exact) mass is 771 g/mol. The second-order valence-electron chi connectivity index (χ2n) is 13.6. The molecule has 4 atom stereocenters. The summed E-state index contributed by atoms with van der Waals surface area (Å²) in [5.74, 6) is 1.42. The zero-order chi connectivity index (χ0) is 39.4. The predicted molar refractivity (Wildman–Crippen MR) is 210 cm³/mol. The Bertz CT molecular complexity index is 1780. The Hall–Kier alpha value is -4.44. The van der Waals surface area contributed by atoms with Crippen molar-refractivity contribution in [1.82, 2.24) is 4.67 Å². The van der Waals surface area contributed by atoms with E-state index >= 15 is 0 Å². The molecule has 12 nitrogen and oxygen atoms in total. The van der Waals surface area contributed by atoms with Crippen LogP contribution in [0.4, 0.5) is 5.69 Å². The molecule has 0 saturated carbocycles. The van der Waals surface area contributed by atoms with Crippen LogP contribution >= 0.6 is 8.53 Å². The van der Waals surface area contributed by atoms with Crippen LogP contribution in [0.5, 0.6) is 11.5 Å². The van der Waals surface area contributed by atoms with Gasteiger partial charge in [-0.15, -0.1) is 0 Å². The number of rotatable bonds is 20. The first kappa shape index (κ1) is 41.7. The van der Waals surface area contributed by atoms with E-state index in [0.717, 1.165) is 16.7 Å². The lowest BCUT2D eigenvalue weighted by atomic mass is 9.80. The summed E-state index contributed by atoms with van der Waals surface area (Å²) in [7, 11) is 1.57. The van der Waals surface area contributed by atoms with E-state index in [9.17, 15) is 15.4 Å². The lowest BCUT2D eigenvalue weighted by Gasteiger charge is -2.39. The van der Waals surface area contributed by atoms with Crippen LogP contribution in [0.25, 0.3) is 0 Å². The van der Waals surface area contributed by atoms with Gasteiger partial charge in [-0.3, -0.25) is 10.1 Å². The summed E-state index contributed by atoms with van der Waals surface area (Å²) in [6.45, 7) is 8.86. The second kappa shape index (κ2) is 19.9. The number of nitriles is 1. The Morgan fingerprint density at radius 1 is 0.891 bits per heavy atom. The molecule has 13 heteroatoms. The van der Waals surface area contributed by atoms with Crippen LogP contribution in [-0.2, 0) is 35.5 Å². The van der Waals surface area contributed by atoms with Gasteiger partial charge in [0.05, 0.1) is 58.1 Å². The highest BCUT2D eigenvalue weighted by Crippen LogP contribution is 2.50. The van der Waals surface area contributed by atoms with Crippen LogP contribution in [0, 0.1) is 21.4 Å². The maximum Gasteiger partial charge on any atom is 0.269 e. The van der Waals surface area contributed by atoms with Gasteiger partial charge in [0.25, 0.3) is 14.2 Å². The first-order valence-corrected chi connectivity index (χ1v) is 19.4. The molecule has 1 aliphatic heterocycles. The zero-order valence-corrected chi connectivity index (χ0v) is 33.1. The van der Waals surface area contributed by atoms with E-state index in [-0.39, 0.29) is 50.6 Å². The van der Waals surface area contributed by atoms with E-state index in [1.807, 2.05) is 78.9 Å². The molecule has 5 rings (SSSR count). The van der Waals surface area contributed by atoms with Crippen LogP contribution in [0.1, 0.15) is 56.4 Å². The Morgan fingerprint density at radius 2 is 1.49 bits per heavy atom. The van der Waals surface area contributed by atoms with Crippen molar-refractivity contribution in [3.05, 3.63) is 135 Å². The van der Waals surface area contributed by atoms with Crippen molar-refractivity contribution in [3.8, 4) is 17.6 Å². The Labute approximate surface area is 324 Å². The summed E-state index contributed by atoms with van der Waals surface area (Å²) in [6, 6.07) is 34.3. The number of benzene rings is 4. The van der Waals surface area contributed by atoms with Gasteiger partial charge < -0.3 is 32.7 Å². The van der Waals surface area contributed by atoms with Crippen molar-refractivity contribution in [2.24, 2.45) is 0 Å². The highest BCUT2D eigenvalue weighted by atomic mass is 31.2. The minimum atomic E-state index is -1.69. The van der Waals surface area contributed by atoms with Crippen LogP contribution in [0.2, 0.25) is 0 Å². The molecule has 4 aromatic rings. The summed E-state index contributed by atoms with van der Waals surface area (Å²) in [5, 5.41) is 20.8. The summed E-state index contributed by atoms with van der Waals surface area (Å²) in [5.41, 5.74) is 2.15. The number of nitrogens with zero attached hydrogens (tertiary/aromatic N) is 3. The standard InChI is InChI=1S/C42H50N3O9P/c1-30(2)44(31(3)4)55(53-25-11-24-43)54-41-39(50-27-32-12-10-15-36(26-32)45(46)47)28-51-40(41)29-52-42(33-13-8-7-9-14-33,34-16-20-37(48-5)21-17-34)35-18-22-38(49-6)23-19-35/h7-10,12-23,26,30-31,39-41H,11,25,27-29H2,1-6H3/t39-,40+,41-,55?/m0/s1. The zero-order valence-electron chi connectivity index (χ0n) is 32.2. The molecule has 4 aromatic carbocycles. The van der Waals surface area contributed by atoms with Gasteiger partial charge in [0.2, 0.25) is 0 Å². The molecule has 1 unspecified atom stereocenters. The van der Waals surface area contributed by atoms with Crippen molar-refractivity contribution in [1.29, 1.82) is 5.26 Å². The molecule has 1 fully saturated rings. The van der Waals surface area contributed by atoms with E-state index < -0.39 is 37.4 Å². The molecule has 0 bridgehead atoms. The minimum Gasteiger partial charge on any atom is -0.497 e. The van der Waals surface area contributed by atoms with E-state index in [2.05, 4.69) is 38.4 Å². The van der Waals surface area contributed by atoms with Crippen molar-refractivity contribution < 1.29 is 37.7 Å². The molecule has 292 valence electrons. The van der Waals surface area contributed by atoms with Crippen LogP contribution in [-0.4, -0.2) is 74.0 Å². The SMILES string of the molecule is COc1ccc(C(OC[C@H]2OC[C@H](OCc3cccc([N+](=O)[O-])c3)[C@@H]2OP(OCCC#N)N(C(C)C)C(C)C)(c2ccccc2)c2ccc(OC)cc2)cc1. The fraction of sp³-hybridized carbons (Fsp3) is 0.405. The van der Waals surface area contributed by atoms with Gasteiger partial charge in [0, 0.05) is 24.2 Å². The van der Waals surface area contributed by atoms with Crippen molar-refractivity contribution in [2.75, 3.05) is 34.0 Å². The third kappa shape index (κ3) is 10.3. The third-order valence-electron chi connectivity index (χ3n) is 9.30. The van der Waals surface area contributed by atoms with Gasteiger partial charge in [-0.1, -0.05) is 66.7 Å². The number of methoxy groups -OCH3 is 2. The first-order valence-electron chi connectivity index (χ1n) is 18.3. The molecule has 0 aliphatic carbocycles. The Kier molecular flexibility index (Phi) is 15.1. The van der Waals surface area contributed by atoms with Gasteiger partial charge in [-0.05, 0) is 74.2 Å². The summed E-state index contributed by atoms with van der Waals surface area (Å²) in [6.07, 6.45) is -1.67. The van der Waals surface area contributed by atoms with Crippen molar-refractivity contribution in [2.45, 2.75) is 76.7 Å². The molecule has 0 N–H and O–H groups in total. The van der Waals surface area contributed by atoms with Crippen molar-refractivity contribution >= 4 is 14.2 Å². The number of non-ortho nitro benzene ring substituents is 1. The quantitative estimate of drug-likeness (QED) is 0.0281. The van der Waals surface area contributed by atoms with Gasteiger partial charge in [-0.25, -0.2) is 4.67 Å². The smallest absolute Gasteiger partial charge is 0.269 e. The topological polar surface area (TPSA) is 135 Å². The summed E-state index contributed by atoms with van der Waals surface area (Å²) in [4.78, 5) is 11.1.